The minimum Gasteiger partial charge on any atom is -0.341 e. The number of urea groups is 1. The highest BCUT2D eigenvalue weighted by atomic mass is 35.5. The fourth-order valence-electron chi connectivity index (χ4n) is 1.89. The largest absolute Gasteiger partial charge is 0.341 e. The lowest BCUT2D eigenvalue weighted by Gasteiger charge is -2.14. The zero-order valence-corrected chi connectivity index (χ0v) is 11.4. The molecule has 0 aliphatic carbocycles. The number of nitrogens with zero attached hydrogens (tertiary/aromatic N) is 1. The fourth-order valence-corrected chi connectivity index (χ4v) is 2.13. The molecule has 1 unspecified atom stereocenters. The van der Waals surface area contributed by atoms with Crippen molar-refractivity contribution in [2.24, 2.45) is 0 Å². The maximum Gasteiger partial charge on any atom is 0.321 e. The van der Waals surface area contributed by atoms with Gasteiger partial charge in [-0.25, -0.2) is 4.79 Å². The summed E-state index contributed by atoms with van der Waals surface area (Å²) in [4.78, 5) is 23.1. The molecule has 0 aliphatic rings. The summed E-state index contributed by atoms with van der Waals surface area (Å²) in [5.74, 6) is -0.378. The average molecular weight is 280 g/mol. The van der Waals surface area contributed by atoms with Gasteiger partial charge in [0, 0.05) is 23.7 Å². The summed E-state index contributed by atoms with van der Waals surface area (Å²) >= 11 is 6.08. The second-order valence-electron chi connectivity index (χ2n) is 4.14. The summed E-state index contributed by atoms with van der Waals surface area (Å²) in [5.41, 5.74) is 0.854. The van der Waals surface area contributed by atoms with Crippen molar-refractivity contribution < 1.29 is 9.59 Å². The van der Waals surface area contributed by atoms with Gasteiger partial charge in [0.15, 0.2) is 0 Å². The third kappa shape index (κ3) is 2.56. The summed E-state index contributed by atoms with van der Waals surface area (Å²) in [6.07, 6.45) is 1.78. The Bertz CT molecular complexity index is 636. The molecular formula is C13H14ClN3O2. The van der Waals surface area contributed by atoms with Crippen LogP contribution in [-0.2, 0) is 4.79 Å². The van der Waals surface area contributed by atoms with E-state index in [1.807, 2.05) is 18.2 Å². The molecule has 0 bridgehead atoms. The second-order valence-corrected chi connectivity index (χ2v) is 4.55. The number of carbonyl (C=O) groups is 2. The summed E-state index contributed by atoms with van der Waals surface area (Å²) in [6, 6.07) is 6.32. The van der Waals surface area contributed by atoms with Crippen LogP contribution < -0.4 is 10.6 Å². The molecule has 1 aromatic heterocycles. The zero-order chi connectivity index (χ0) is 14.0. The van der Waals surface area contributed by atoms with E-state index >= 15 is 0 Å². The van der Waals surface area contributed by atoms with Crippen LogP contribution in [-0.4, -0.2) is 23.6 Å². The number of hydrogen-bond donors (Lipinski definition) is 2. The number of benzene rings is 1. The average Bonchev–Trinajstić information content (AvgIpc) is 2.82. The molecule has 6 heteroatoms. The van der Waals surface area contributed by atoms with Gasteiger partial charge in [-0.05, 0) is 25.1 Å². The Morgan fingerprint density at radius 1 is 1.32 bits per heavy atom. The Morgan fingerprint density at radius 3 is 2.74 bits per heavy atom. The fraction of sp³-hybridized carbons (Fsp3) is 0.231. The highest BCUT2D eigenvalue weighted by molar-refractivity contribution is 6.35. The third-order valence-electron chi connectivity index (χ3n) is 2.97. The molecule has 2 rings (SSSR count). The number of imide groups is 1. The van der Waals surface area contributed by atoms with Crippen LogP contribution in [0.25, 0.3) is 10.9 Å². The molecular weight excluding hydrogens is 266 g/mol. The minimum absolute atomic E-state index is 0.378. The van der Waals surface area contributed by atoms with E-state index in [-0.39, 0.29) is 5.91 Å². The predicted molar refractivity (Wildman–Crippen MR) is 74.3 cm³/mol. The predicted octanol–water partition coefficient (Wildman–Crippen LogP) is 2.31. The van der Waals surface area contributed by atoms with Gasteiger partial charge in [-0.15, -0.1) is 0 Å². The highest BCUT2D eigenvalue weighted by Crippen LogP contribution is 2.26. The maximum atomic E-state index is 11.9. The van der Waals surface area contributed by atoms with Crippen molar-refractivity contribution in [2.45, 2.75) is 13.0 Å². The first-order valence-corrected chi connectivity index (χ1v) is 6.20. The van der Waals surface area contributed by atoms with Crippen LogP contribution in [0.4, 0.5) is 4.79 Å². The molecule has 0 aliphatic heterocycles. The van der Waals surface area contributed by atoms with Gasteiger partial charge in [0.25, 0.3) is 5.91 Å². The third-order valence-corrected chi connectivity index (χ3v) is 3.30. The molecule has 1 aromatic carbocycles. The number of fused-ring (bicyclic) bond motifs is 1. The Morgan fingerprint density at radius 2 is 2.05 bits per heavy atom. The van der Waals surface area contributed by atoms with Gasteiger partial charge in [0.1, 0.15) is 6.04 Å². The second kappa shape index (κ2) is 5.32. The minimum atomic E-state index is -0.522. The van der Waals surface area contributed by atoms with Gasteiger partial charge in [-0.1, -0.05) is 17.7 Å². The van der Waals surface area contributed by atoms with Gasteiger partial charge in [0.2, 0.25) is 0 Å². The van der Waals surface area contributed by atoms with Gasteiger partial charge >= 0.3 is 6.03 Å². The summed E-state index contributed by atoms with van der Waals surface area (Å²) in [6.45, 7) is 1.72. The van der Waals surface area contributed by atoms with Crippen LogP contribution in [0.2, 0.25) is 5.02 Å². The lowest BCUT2D eigenvalue weighted by atomic mass is 10.2. The zero-order valence-electron chi connectivity index (χ0n) is 10.6. The van der Waals surface area contributed by atoms with Crippen LogP contribution in [0, 0.1) is 0 Å². The van der Waals surface area contributed by atoms with E-state index in [1.54, 1.807) is 23.8 Å². The SMILES string of the molecule is CNC(=O)NC(=O)C(C)n1ccc2c(Cl)cccc21. The molecule has 5 nitrogen and oxygen atoms in total. The Balaban J connectivity index is 2.31. The van der Waals surface area contributed by atoms with Crippen LogP contribution >= 0.6 is 11.6 Å². The van der Waals surface area contributed by atoms with Gasteiger partial charge < -0.3 is 9.88 Å². The lowest BCUT2D eigenvalue weighted by molar-refractivity contribution is -0.122. The van der Waals surface area contributed by atoms with Crippen molar-refractivity contribution in [2.75, 3.05) is 7.05 Å². The maximum absolute atomic E-state index is 11.9. The van der Waals surface area contributed by atoms with E-state index in [1.165, 1.54) is 7.05 Å². The molecule has 0 fully saturated rings. The van der Waals surface area contributed by atoms with Crippen molar-refractivity contribution in [1.29, 1.82) is 0 Å². The summed E-state index contributed by atoms with van der Waals surface area (Å²) < 4.78 is 1.78. The van der Waals surface area contributed by atoms with E-state index in [0.29, 0.717) is 5.02 Å². The number of hydrogen-bond acceptors (Lipinski definition) is 2. The van der Waals surface area contributed by atoms with Crippen molar-refractivity contribution in [1.82, 2.24) is 15.2 Å². The molecule has 2 aromatic rings. The number of carbonyl (C=O) groups excluding carboxylic acids is 2. The van der Waals surface area contributed by atoms with Crippen LogP contribution in [0.1, 0.15) is 13.0 Å². The van der Waals surface area contributed by atoms with Crippen molar-refractivity contribution >= 4 is 34.4 Å². The number of amides is 3. The first-order chi connectivity index (χ1) is 9.04. The molecule has 19 heavy (non-hydrogen) atoms. The number of nitrogens with one attached hydrogen (secondary N) is 2. The van der Waals surface area contributed by atoms with Gasteiger partial charge in [0.05, 0.1) is 5.52 Å². The van der Waals surface area contributed by atoms with E-state index in [4.69, 9.17) is 11.6 Å². The Labute approximate surface area is 115 Å². The Hall–Kier alpha value is -2.01. The van der Waals surface area contributed by atoms with Crippen LogP contribution in [0.5, 0.6) is 0 Å². The number of rotatable bonds is 2. The molecule has 1 atom stereocenters. The number of aromatic nitrogens is 1. The normalized spacial score (nSPS) is 12.2. The smallest absolute Gasteiger partial charge is 0.321 e. The summed E-state index contributed by atoms with van der Waals surface area (Å²) in [5, 5.41) is 6.11. The van der Waals surface area contributed by atoms with Crippen LogP contribution in [0.3, 0.4) is 0 Å². The van der Waals surface area contributed by atoms with Crippen molar-refractivity contribution in [3.8, 4) is 0 Å². The van der Waals surface area contributed by atoms with Crippen LogP contribution in [0.15, 0.2) is 30.5 Å². The molecule has 2 N–H and O–H groups in total. The molecule has 0 spiro atoms. The quantitative estimate of drug-likeness (QED) is 0.886. The van der Waals surface area contributed by atoms with E-state index in [2.05, 4.69) is 10.6 Å². The summed E-state index contributed by atoms with van der Waals surface area (Å²) in [7, 11) is 1.46. The van der Waals surface area contributed by atoms with E-state index < -0.39 is 12.1 Å². The highest BCUT2D eigenvalue weighted by Gasteiger charge is 2.18. The van der Waals surface area contributed by atoms with E-state index in [0.717, 1.165) is 10.9 Å². The van der Waals surface area contributed by atoms with Gasteiger partial charge in [-0.3, -0.25) is 10.1 Å². The molecule has 1 heterocycles. The van der Waals surface area contributed by atoms with E-state index in [9.17, 15) is 9.59 Å². The first-order valence-electron chi connectivity index (χ1n) is 5.82. The monoisotopic (exact) mass is 279 g/mol. The molecule has 100 valence electrons. The number of halogens is 1. The standard InChI is InChI=1S/C13H14ClN3O2/c1-8(12(18)16-13(19)15-2)17-7-6-9-10(14)4-3-5-11(9)17/h3-8H,1-2H3,(H2,15,16,18,19). The molecule has 0 saturated carbocycles. The molecule has 3 amide bonds. The first kappa shape index (κ1) is 13.4. The topological polar surface area (TPSA) is 63.1 Å². The van der Waals surface area contributed by atoms with Gasteiger partial charge in [-0.2, -0.15) is 0 Å². The van der Waals surface area contributed by atoms with Crippen molar-refractivity contribution in [3.63, 3.8) is 0 Å². The lowest BCUT2D eigenvalue weighted by Crippen LogP contribution is -2.40. The van der Waals surface area contributed by atoms with Crippen molar-refractivity contribution in [3.05, 3.63) is 35.5 Å². The Kier molecular flexibility index (Phi) is 3.76. The molecule has 0 saturated heterocycles. The molecule has 0 radical (unpaired) electrons.